The van der Waals surface area contributed by atoms with Crippen LogP contribution in [0.25, 0.3) is 6.08 Å². The molecule has 136 valence electrons. The lowest BCUT2D eigenvalue weighted by Crippen LogP contribution is -2.41. The van der Waals surface area contributed by atoms with Crippen molar-refractivity contribution >= 4 is 29.7 Å². The Kier molecular flexibility index (Phi) is 7.76. The van der Waals surface area contributed by atoms with Crippen molar-refractivity contribution in [1.82, 2.24) is 5.32 Å². The topological polar surface area (TPSA) is 75.6 Å². The molecule has 0 aromatic heterocycles. The molecule has 0 unspecified atom stereocenters. The highest BCUT2D eigenvalue weighted by molar-refractivity contribution is 7.98. The van der Waals surface area contributed by atoms with Crippen LogP contribution >= 0.6 is 11.8 Å². The smallest absolute Gasteiger partial charge is 0.327 e. The van der Waals surface area contributed by atoms with E-state index >= 15 is 0 Å². The number of aliphatic carboxylic acids is 1. The average molecular weight is 371 g/mol. The minimum absolute atomic E-state index is 0.298. The van der Waals surface area contributed by atoms with Crippen LogP contribution < -0.4 is 10.1 Å². The molecule has 0 aliphatic carbocycles. The highest BCUT2D eigenvalue weighted by atomic mass is 32.2. The van der Waals surface area contributed by atoms with Crippen molar-refractivity contribution in [1.29, 1.82) is 0 Å². The maximum Gasteiger partial charge on any atom is 0.327 e. The van der Waals surface area contributed by atoms with Gasteiger partial charge in [-0.25, -0.2) is 4.79 Å². The van der Waals surface area contributed by atoms with Gasteiger partial charge in [0.2, 0.25) is 5.91 Å². The van der Waals surface area contributed by atoms with E-state index in [0.29, 0.717) is 11.5 Å². The number of benzene rings is 2. The van der Waals surface area contributed by atoms with Gasteiger partial charge in [-0.05, 0) is 29.3 Å². The summed E-state index contributed by atoms with van der Waals surface area (Å²) in [5.41, 5.74) is 1.94. The maximum absolute atomic E-state index is 12.0. The molecule has 0 bridgehead atoms. The van der Waals surface area contributed by atoms with Crippen LogP contribution in [0.1, 0.15) is 11.1 Å². The first-order valence-corrected chi connectivity index (χ1v) is 9.21. The fraction of sp³-hybridized carbons (Fsp3) is 0.200. The Hall–Kier alpha value is -2.73. The maximum atomic E-state index is 12.0. The summed E-state index contributed by atoms with van der Waals surface area (Å²) < 4.78 is 5.07. The minimum atomic E-state index is -1.04. The van der Waals surface area contributed by atoms with Crippen molar-refractivity contribution in [2.75, 3.05) is 12.9 Å². The van der Waals surface area contributed by atoms with Crippen LogP contribution in [-0.4, -0.2) is 35.9 Å². The van der Waals surface area contributed by atoms with E-state index in [1.807, 2.05) is 42.5 Å². The van der Waals surface area contributed by atoms with Gasteiger partial charge in [0.1, 0.15) is 11.8 Å². The van der Waals surface area contributed by atoms with Crippen LogP contribution in [0.2, 0.25) is 0 Å². The molecule has 2 rings (SSSR count). The van der Waals surface area contributed by atoms with E-state index in [2.05, 4.69) is 5.32 Å². The van der Waals surface area contributed by atoms with Gasteiger partial charge in [-0.1, -0.05) is 42.5 Å². The molecule has 5 nitrogen and oxygen atoms in total. The molecule has 1 atom stereocenters. The number of amides is 1. The standard InChI is InChI=1S/C20H21NO4S/c1-25-17-10-7-15(8-11-17)9-12-19(22)21-18(20(23)24)14-26-13-16-5-3-2-4-6-16/h2-12,18H,13-14H2,1H3,(H,21,22)(H,23,24)/t18-/m0/s1. The lowest BCUT2D eigenvalue weighted by atomic mass is 10.2. The number of methoxy groups -OCH3 is 1. The van der Waals surface area contributed by atoms with Crippen molar-refractivity contribution in [3.8, 4) is 5.75 Å². The number of carbonyl (C=O) groups is 2. The van der Waals surface area contributed by atoms with Gasteiger partial charge in [-0.2, -0.15) is 11.8 Å². The van der Waals surface area contributed by atoms with Gasteiger partial charge in [0.05, 0.1) is 7.11 Å². The first-order chi connectivity index (χ1) is 12.6. The molecule has 0 heterocycles. The Balaban J connectivity index is 1.84. The summed E-state index contributed by atoms with van der Waals surface area (Å²) in [5, 5.41) is 11.8. The summed E-state index contributed by atoms with van der Waals surface area (Å²) in [5.74, 6) is 0.243. The fourth-order valence-electron chi connectivity index (χ4n) is 2.15. The number of carboxylic acid groups (broad SMARTS) is 1. The zero-order chi connectivity index (χ0) is 18.8. The molecule has 2 aromatic rings. The molecule has 0 spiro atoms. The van der Waals surface area contributed by atoms with Crippen molar-refractivity contribution in [3.05, 3.63) is 71.8 Å². The highest BCUT2D eigenvalue weighted by Gasteiger charge is 2.18. The Morgan fingerprint density at radius 3 is 2.46 bits per heavy atom. The molecular weight excluding hydrogens is 350 g/mol. The fourth-order valence-corrected chi connectivity index (χ4v) is 3.16. The van der Waals surface area contributed by atoms with Crippen LogP contribution in [0.3, 0.4) is 0 Å². The molecule has 0 saturated carbocycles. The molecule has 2 aromatic carbocycles. The van der Waals surface area contributed by atoms with E-state index in [4.69, 9.17) is 4.74 Å². The molecule has 26 heavy (non-hydrogen) atoms. The molecule has 6 heteroatoms. The molecular formula is C20H21NO4S. The van der Waals surface area contributed by atoms with Crippen LogP contribution in [-0.2, 0) is 15.3 Å². The first-order valence-electron chi connectivity index (χ1n) is 8.05. The molecule has 0 saturated heterocycles. The predicted molar refractivity (Wildman–Crippen MR) is 104 cm³/mol. The number of hydrogen-bond acceptors (Lipinski definition) is 4. The zero-order valence-electron chi connectivity index (χ0n) is 14.4. The van der Waals surface area contributed by atoms with Crippen molar-refractivity contribution in [2.24, 2.45) is 0 Å². The van der Waals surface area contributed by atoms with E-state index in [1.54, 1.807) is 25.3 Å². The Labute approximate surface area is 157 Å². The summed E-state index contributed by atoms with van der Waals surface area (Å²) in [6.07, 6.45) is 2.96. The average Bonchev–Trinajstić information content (AvgIpc) is 2.66. The summed E-state index contributed by atoms with van der Waals surface area (Å²) in [7, 11) is 1.58. The van der Waals surface area contributed by atoms with E-state index in [1.165, 1.54) is 17.8 Å². The van der Waals surface area contributed by atoms with Gasteiger partial charge in [0, 0.05) is 17.6 Å². The Morgan fingerprint density at radius 1 is 1.15 bits per heavy atom. The quantitative estimate of drug-likeness (QED) is 0.662. The number of thioether (sulfide) groups is 1. The lowest BCUT2D eigenvalue weighted by molar-refractivity contribution is -0.140. The molecule has 2 N–H and O–H groups in total. The van der Waals surface area contributed by atoms with E-state index in [9.17, 15) is 14.7 Å². The first kappa shape index (κ1) is 19.6. The van der Waals surface area contributed by atoms with Crippen LogP contribution in [0, 0.1) is 0 Å². The summed E-state index contributed by atoms with van der Waals surface area (Å²) in [6.45, 7) is 0. The predicted octanol–water partition coefficient (Wildman–Crippen LogP) is 3.21. The second-order valence-electron chi connectivity index (χ2n) is 5.51. The zero-order valence-corrected chi connectivity index (χ0v) is 15.2. The molecule has 0 radical (unpaired) electrons. The van der Waals surface area contributed by atoms with Crippen LogP contribution in [0.15, 0.2) is 60.7 Å². The number of ether oxygens (including phenoxy) is 1. The third-order valence-corrected chi connectivity index (χ3v) is 4.66. The second-order valence-corrected chi connectivity index (χ2v) is 6.54. The van der Waals surface area contributed by atoms with Gasteiger partial charge in [0.15, 0.2) is 0 Å². The number of hydrogen-bond donors (Lipinski definition) is 2. The SMILES string of the molecule is COc1ccc(C=CC(=O)N[C@@H](CSCc2ccccc2)C(=O)O)cc1. The van der Waals surface area contributed by atoms with Gasteiger partial charge < -0.3 is 15.2 Å². The monoisotopic (exact) mass is 371 g/mol. The molecule has 0 aliphatic heterocycles. The third kappa shape index (κ3) is 6.64. The van der Waals surface area contributed by atoms with Crippen LogP contribution in [0.5, 0.6) is 5.75 Å². The van der Waals surface area contributed by atoms with Crippen molar-refractivity contribution in [2.45, 2.75) is 11.8 Å². The largest absolute Gasteiger partial charge is 0.497 e. The van der Waals surface area contributed by atoms with Crippen molar-refractivity contribution < 1.29 is 19.4 Å². The molecule has 1 amide bonds. The van der Waals surface area contributed by atoms with Crippen molar-refractivity contribution in [3.63, 3.8) is 0 Å². The minimum Gasteiger partial charge on any atom is -0.497 e. The van der Waals surface area contributed by atoms with E-state index in [0.717, 1.165) is 16.9 Å². The molecule has 0 aliphatic rings. The summed E-state index contributed by atoms with van der Waals surface area (Å²) >= 11 is 1.47. The number of rotatable bonds is 9. The lowest BCUT2D eigenvalue weighted by Gasteiger charge is -2.13. The Morgan fingerprint density at radius 2 is 1.85 bits per heavy atom. The molecule has 0 fully saturated rings. The van der Waals surface area contributed by atoms with Gasteiger partial charge >= 0.3 is 5.97 Å². The van der Waals surface area contributed by atoms with E-state index in [-0.39, 0.29) is 0 Å². The van der Waals surface area contributed by atoms with Gasteiger partial charge in [-0.3, -0.25) is 4.79 Å². The van der Waals surface area contributed by atoms with E-state index < -0.39 is 17.9 Å². The van der Waals surface area contributed by atoms with Gasteiger partial charge in [0.25, 0.3) is 0 Å². The summed E-state index contributed by atoms with van der Waals surface area (Å²) in [4.78, 5) is 23.3. The van der Waals surface area contributed by atoms with Gasteiger partial charge in [-0.15, -0.1) is 0 Å². The second kappa shape index (κ2) is 10.3. The normalized spacial score (nSPS) is 11.9. The highest BCUT2D eigenvalue weighted by Crippen LogP contribution is 2.14. The number of nitrogens with one attached hydrogen (secondary N) is 1. The number of carbonyl (C=O) groups excluding carboxylic acids is 1. The van der Waals surface area contributed by atoms with Crippen LogP contribution in [0.4, 0.5) is 0 Å². The summed E-state index contributed by atoms with van der Waals surface area (Å²) in [6, 6.07) is 16.1. The Bertz CT molecular complexity index is 744. The number of carboxylic acids is 1. The third-order valence-electron chi connectivity index (χ3n) is 3.55.